The van der Waals surface area contributed by atoms with Crippen LogP contribution in [0.1, 0.15) is 5.56 Å². The van der Waals surface area contributed by atoms with Crippen LogP contribution in [0.15, 0.2) is 83.4 Å². The van der Waals surface area contributed by atoms with E-state index in [9.17, 15) is 0 Å². The lowest BCUT2D eigenvalue weighted by molar-refractivity contribution is 0.650. The van der Waals surface area contributed by atoms with Gasteiger partial charge in [0.1, 0.15) is 11.0 Å². The van der Waals surface area contributed by atoms with Crippen LogP contribution in [0, 0.1) is 6.92 Å². The second kappa shape index (κ2) is 5.99. The fraction of sp³-hybridized carbons (Fsp3) is 0.107. The lowest BCUT2D eigenvalue weighted by atomic mass is 10.0. The molecule has 0 spiro atoms. The minimum atomic E-state index is -2.12. The third-order valence-corrected chi connectivity index (χ3v) is 10.3. The second-order valence-electron chi connectivity index (χ2n) is 9.36. The fourth-order valence-electron chi connectivity index (χ4n) is 5.51. The van der Waals surface area contributed by atoms with Crippen LogP contribution in [0.5, 0.6) is 0 Å². The Balaban J connectivity index is 1.81. The van der Waals surface area contributed by atoms with Crippen molar-refractivity contribution in [3.8, 4) is 0 Å². The summed E-state index contributed by atoms with van der Waals surface area (Å²) in [6.45, 7) is 6.94. The molecule has 3 aromatic carbocycles. The number of hydrogen-bond donors (Lipinski definition) is 0. The molecule has 3 nitrogen and oxygen atoms in total. The van der Waals surface area contributed by atoms with Gasteiger partial charge in [0.2, 0.25) is 0 Å². The molecular weight excluding hydrogens is 408 g/mol. The Labute approximate surface area is 186 Å². The van der Waals surface area contributed by atoms with Crippen molar-refractivity contribution in [1.29, 1.82) is 0 Å². The van der Waals surface area contributed by atoms with E-state index >= 15 is 0 Å². The summed E-state index contributed by atoms with van der Waals surface area (Å²) in [6.07, 6.45) is 1.89. The van der Waals surface area contributed by atoms with E-state index in [1.165, 1.54) is 43.5 Å². The molecule has 4 heterocycles. The van der Waals surface area contributed by atoms with E-state index < -0.39 is 8.07 Å². The maximum Gasteiger partial charge on any atom is 0.159 e. The van der Waals surface area contributed by atoms with Crippen molar-refractivity contribution in [1.82, 2.24) is 9.38 Å². The Morgan fingerprint density at radius 2 is 1.56 bits per heavy atom. The minimum absolute atomic E-state index is 0.926. The molecule has 0 saturated carbocycles. The van der Waals surface area contributed by atoms with Gasteiger partial charge in [-0.1, -0.05) is 66.8 Å². The zero-order valence-corrected chi connectivity index (χ0v) is 19.3. The van der Waals surface area contributed by atoms with Gasteiger partial charge in [-0.3, -0.25) is 4.98 Å². The number of pyridine rings is 2. The molecular formula is C28H22N2OSi. The van der Waals surface area contributed by atoms with Crippen molar-refractivity contribution < 1.29 is 4.42 Å². The van der Waals surface area contributed by atoms with E-state index in [4.69, 9.17) is 9.40 Å². The smallest absolute Gasteiger partial charge is 0.159 e. The summed E-state index contributed by atoms with van der Waals surface area (Å²) >= 11 is 0. The summed E-state index contributed by atoms with van der Waals surface area (Å²) in [7, 11) is -2.12. The number of para-hydroxylation sites is 1. The van der Waals surface area contributed by atoms with Gasteiger partial charge in [0.15, 0.2) is 8.07 Å². The van der Waals surface area contributed by atoms with Crippen LogP contribution in [0.4, 0.5) is 0 Å². The zero-order valence-electron chi connectivity index (χ0n) is 18.3. The minimum Gasteiger partial charge on any atom is -0.463 e. The van der Waals surface area contributed by atoms with Crippen LogP contribution in [-0.4, -0.2) is 17.5 Å². The molecule has 0 aliphatic carbocycles. The maximum absolute atomic E-state index is 6.74. The average molecular weight is 431 g/mol. The quantitative estimate of drug-likeness (QED) is 0.245. The Kier molecular flexibility index (Phi) is 3.37. The van der Waals surface area contributed by atoms with Gasteiger partial charge in [-0.05, 0) is 36.8 Å². The van der Waals surface area contributed by atoms with Crippen LogP contribution in [-0.2, 0) is 0 Å². The molecule has 0 aliphatic heterocycles. The number of rotatable bonds is 2. The first-order valence-electron chi connectivity index (χ1n) is 11.1. The molecule has 0 aliphatic rings. The highest BCUT2D eigenvalue weighted by Gasteiger charge is 2.35. The van der Waals surface area contributed by atoms with E-state index in [0.717, 1.165) is 21.9 Å². The monoisotopic (exact) mass is 430 g/mol. The molecule has 154 valence electrons. The first kappa shape index (κ1) is 18.0. The van der Waals surface area contributed by atoms with Gasteiger partial charge in [0.05, 0.1) is 27.5 Å². The van der Waals surface area contributed by atoms with Crippen molar-refractivity contribution in [2.75, 3.05) is 0 Å². The van der Waals surface area contributed by atoms with Crippen molar-refractivity contribution >= 4 is 67.8 Å². The molecule has 0 unspecified atom stereocenters. The zero-order chi connectivity index (χ0) is 21.6. The van der Waals surface area contributed by atoms with Gasteiger partial charge in [-0.25, -0.2) is 0 Å². The van der Waals surface area contributed by atoms with Crippen LogP contribution in [0.25, 0.3) is 49.2 Å². The SMILES string of the molecule is Cc1cc2c3ccccc3n3c4c([Si](C)(C)c5ccccc5)oc5ccnc(c(c1)c23)c54. The lowest BCUT2D eigenvalue weighted by Gasteiger charge is -2.21. The number of aromatic nitrogens is 2. The second-order valence-corrected chi connectivity index (χ2v) is 13.6. The van der Waals surface area contributed by atoms with Crippen molar-refractivity contribution in [2.45, 2.75) is 20.0 Å². The van der Waals surface area contributed by atoms with Crippen molar-refractivity contribution in [2.24, 2.45) is 0 Å². The molecule has 0 amide bonds. The molecule has 0 atom stereocenters. The van der Waals surface area contributed by atoms with Gasteiger partial charge >= 0.3 is 0 Å². The van der Waals surface area contributed by atoms with Crippen LogP contribution in [0.2, 0.25) is 13.1 Å². The number of hydrogen-bond acceptors (Lipinski definition) is 2. The first-order valence-corrected chi connectivity index (χ1v) is 14.1. The Morgan fingerprint density at radius 3 is 2.41 bits per heavy atom. The number of fused-ring (bicyclic) bond motifs is 5. The van der Waals surface area contributed by atoms with Gasteiger partial charge in [0.25, 0.3) is 0 Å². The van der Waals surface area contributed by atoms with E-state index in [0.29, 0.717) is 0 Å². The summed E-state index contributed by atoms with van der Waals surface area (Å²) in [5.41, 5.74) is 6.87. The molecule has 7 rings (SSSR count). The van der Waals surface area contributed by atoms with Crippen LogP contribution < -0.4 is 10.6 Å². The molecule has 0 fully saturated rings. The van der Waals surface area contributed by atoms with Crippen molar-refractivity contribution in [3.05, 3.63) is 84.6 Å². The summed E-state index contributed by atoms with van der Waals surface area (Å²) < 4.78 is 9.19. The highest BCUT2D eigenvalue weighted by molar-refractivity contribution is 7.01. The van der Waals surface area contributed by atoms with E-state index in [1.807, 2.05) is 12.3 Å². The van der Waals surface area contributed by atoms with Crippen LogP contribution in [0.3, 0.4) is 0 Å². The Hall–Kier alpha value is -3.63. The third kappa shape index (κ3) is 2.12. The topological polar surface area (TPSA) is 30.4 Å². The normalized spacial score (nSPS) is 12.8. The molecule has 0 radical (unpaired) electrons. The fourth-order valence-corrected chi connectivity index (χ4v) is 7.99. The standard InChI is InChI=1S/C28H22N2OSi/c1-17-15-20-19-11-7-8-12-22(19)30-26(20)21(16-17)25-24-23(13-14-29-25)31-28(27(24)30)32(2,3)18-9-5-4-6-10-18/h4-16H,1-3H3. The third-order valence-electron chi connectivity index (χ3n) is 7.03. The van der Waals surface area contributed by atoms with Gasteiger partial charge in [0, 0.05) is 22.4 Å². The number of benzene rings is 3. The van der Waals surface area contributed by atoms with E-state index in [1.54, 1.807) is 0 Å². The van der Waals surface area contributed by atoms with Crippen LogP contribution >= 0.6 is 0 Å². The molecule has 0 N–H and O–H groups in total. The summed E-state index contributed by atoms with van der Waals surface area (Å²) in [4.78, 5) is 4.88. The molecule has 7 aromatic rings. The highest BCUT2D eigenvalue weighted by atomic mass is 28.3. The predicted molar refractivity (Wildman–Crippen MR) is 137 cm³/mol. The molecule has 4 aromatic heterocycles. The molecule has 32 heavy (non-hydrogen) atoms. The summed E-state index contributed by atoms with van der Waals surface area (Å²) in [5.74, 6) is 0. The molecule has 0 saturated heterocycles. The maximum atomic E-state index is 6.74. The Bertz CT molecular complexity index is 1810. The molecule has 4 heteroatoms. The van der Waals surface area contributed by atoms with Gasteiger partial charge in [-0.15, -0.1) is 0 Å². The van der Waals surface area contributed by atoms with E-state index in [-0.39, 0.29) is 0 Å². The Morgan fingerprint density at radius 1 is 0.812 bits per heavy atom. The summed E-state index contributed by atoms with van der Waals surface area (Å²) in [5, 5.41) is 7.38. The number of aryl methyl sites for hydroxylation is 1. The number of nitrogens with zero attached hydrogens (tertiary/aromatic N) is 2. The predicted octanol–water partition coefficient (Wildman–Crippen LogP) is 6.11. The lowest BCUT2D eigenvalue weighted by Crippen LogP contribution is -2.52. The van der Waals surface area contributed by atoms with Gasteiger partial charge in [-0.2, -0.15) is 0 Å². The van der Waals surface area contributed by atoms with E-state index in [2.05, 4.69) is 91.1 Å². The number of furan rings is 1. The first-order chi connectivity index (χ1) is 15.6. The van der Waals surface area contributed by atoms with Gasteiger partial charge < -0.3 is 8.82 Å². The summed E-state index contributed by atoms with van der Waals surface area (Å²) in [6, 6.07) is 26.2. The average Bonchev–Trinajstić information content (AvgIpc) is 3.36. The highest BCUT2D eigenvalue weighted by Crippen LogP contribution is 2.40. The largest absolute Gasteiger partial charge is 0.463 e. The molecule has 0 bridgehead atoms. The van der Waals surface area contributed by atoms with Crippen molar-refractivity contribution in [3.63, 3.8) is 0 Å².